The number of ether oxygens (including phenoxy) is 4. The molecule has 0 bridgehead atoms. The topological polar surface area (TPSA) is 66.4 Å². The van der Waals surface area contributed by atoms with Crippen LogP contribution in [0.25, 0.3) is 0 Å². The van der Waals surface area contributed by atoms with Gasteiger partial charge >= 0.3 is 0 Å². The number of aliphatic hydroxyl groups excluding tert-OH is 1. The quantitative estimate of drug-likeness (QED) is 0.184. The van der Waals surface area contributed by atoms with Crippen LogP contribution in [0.3, 0.4) is 0 Å². The van der Waals surface area contributed by atoms with Gasteiger partial charge in [-0.3, -0.25) is 0 Å². The van der Waals surface area contributed by atoms with Crippen molar-refractivity contribution in [1.29, 1.82) is 0 Å². The number of hydrogen-bond acceptors (Lipinski definition) is 6. The highest BCUT2D eigenvalue weighted by molar-refractivity contribution is 6.74. The molecule has 0 radical (unpaired) electrons. The van der Waals surface area contributed by atoms with Gasteiger partial charge in [0.25, 0.3) is 0 Å². The zero-order chi connectivity index (χ0) is 28.5. The maximum Gasteiger partial charge on any atom is 0.192 e. The van der Waals surface area contributed by atoms with Crippen LogP contribution in [-0.4, -0.2) is 60.2 Å². The lowest BCUT2D eigenvalue weighted by Gasteiger charge is -2.39. The van der Waals surface area contributed by atoms with E-state index in [0.29, 0.717) is 6.61 Å². The van der Waals surface area contributed by atoms with Gasteiger partial charge < -0.3 is 28.5 Å². The van der Waals surface area contributed by atoms with E-state index in [4.69, 9.17) is 23.4 Å². The molecular formula is C32H44O6Si. The minimum atomic E-state index is -2.02. The summed E-state index contributed by atoms with van der Waals surface area (Å²) >= 11 is 0. The first-order chi connectivity index (χ1) is 18.6. The summed E-state index contributed by atoms with van der Waals surface area (Å²) in [6, 6.07) is 26.1. The summed E-state index contributed by atoms with van der Waals surface area (Å²) in [5.74, 6) is 1.53. The number of rotatable bonds is 14. The van der Waals surface area contributed by atoms with Crippen molar-refractivity contribution in [3.05, 3.63) is 95.6 Å². The zero-order valence-corrected chi connectivity index (χ0v) is 25.4. The van der Waals surface area contributed by atoms with E-state index in [1.54, 1.807) is 14.2 Å². The molecule has 6 nitrogen and oxygen atoms in total. The van der Waals surface area contributed by atoms with Crippen LogP contribution in [0.1, 0.15) is 37.5 Å². The second-order valence-electron chi connectivity index (χ2n) is 11.1. The van der Waals surface area contributed by atoms with Crippen LogP contribution < -0.4 is 9.47 Å². The maximum absolute atomic E-state index is 9.51. The lowest BCUT2D eigenvalue weighted by atomic mass is 9.80. The van der Waals surface area contributed by atoms with Crippen molar-refractivity contribution in [3.63, 3.8) is 0 Å². The van der Waals surface area contributed by atoms with Crippen molar-refractivity contribution in [2.45, 2.75) is 50.6 Å². The molecule has 0 fully saturated rings. The summed E-state index contributed by atoms with van der Waals surface area (Å²) < 4.78 is 30.5. The minimum absolute atomic E-state index is 0.0649. The van der Waals surface area contributed by atoms with Crippen molar-refractivity contribution >= 4 is 8.32 Å². The van der Waals surface area contributed by atoms with Gasteiger partial charge in [-0.2, -0.15) is 0 Å². The average molecular weight is 553 g/mol. The van der Waals surface area contributed by atoms with Crippen LogP contribution in [-0.2, 0) is 19.5 Å². The van der Waals surface area contributed by atoms with Gasteiger partial charge in [0, 0.05) is 0 Å². The Labute approximate surface area is 235 Å². The summed E-state index contributed by atoms with van der Waals surface area (Å²) in [6.07, 6.45) is -0.370. The van der Waals surface area contributed by atoms with Crippen LogP contribution in [0.5, 0.6) is 11.5 Å². The Morgan fingerprint density at radius 2 is 1.21 bits per heavy atom. The summed E-state index contributed by atoms with van der Waals surface area (Å²) in [4.78, 5) is 0. The lowest BCUT2D eigenvalue weighted by molar-refractivity contribution is -0.0839. The maximum atomic E-state index is 9.51. The number of benzene rings is 3. The van der Waals surface area contributed by atoms with E-state index in [9.17, 15) is 5.11 Å². The van der Waals surface area contributed by atoms with Crippen molar-refractivity contribution < 1.29 is 28.5 Å². The van der Waals surface area contributed by atoms with Crippen LogP contribution in [0.15, 0.2) is 78.9 Å². The molecule has 0 saturated heterocycles. The molecule has 0 aromatic heterocycles. The normalized spacial score (nSPS) is 13.2. The Balaban J connectivity index is 2.07. The molecule has 0 unspecified atom stereocenters. The standard InChI is InChI=1S/C32H44O6Si/c1-31(2,3)39(6,7)38-24-30(36-22-21-33)23-37-32(25-11-9-8-10-12-25,26-13-17-28(34-4)18-14-26)27-15-19-29(35-5)20-16-27/h8-20,30,33H,21-24H2,1-7H3/t30-/m1/s1. The monoisotopic (exact) mass is 552 g/mol. The van der Waals surface area contributed by atoms with Gasteiger partial charge in [0.15, 0.2) is 8.32 Å². The third-order valence-corrected chi connectivity index (χ3v) is 12.0. The largest absolute Gasteiger partial charge is 0.497 e. The molecule has 39 heavy (non-hydrogen) atoms. The minimum Gasteiger partial charge on any atom is -0.497 e. The second-order valence-corrected chi connectivity index (χ2v) is 15.9. The van der Waals surface area contributed by atoms with Gasteiger partial charge in [0.05, 0.1) is 40.6 Å². The highest BCUT2D eigenvalue weighted by Gasteiger charge is 2.40. The Morgan fingerprint density at radius 1 is 0.718 bits per heavy atom. The highest BCUT2D eigenvalue weighted by Crippen LogP contribution is 2.42. The fraction of sp³-hybridized carbons (Fsp3) is 0.438. The predicted octanol–water partition coefficient (Wildman–Crippen LogP) is 6.41. The third-order valence-electron chi connectivity index (χ3n) is 7.54. The lowest BCUT2D eigenvalue weighted by Crippen LogP contribution is -2.44. The Morgan fingerprint density at radius 3 is 1.64 bits per heavy atom. The molecule has 0 spiro atoms. The van der Waals surface area contributed by atoms with Crippen LogP contribution in [0.2, 0.25) is 18.1 Å². The second kappa shape index (κ2) is 13.6. The van der Waals surface area contributed by atoms with Crippen molar-refractivity contribution in [3.8, 4) is 11.5 Å². The molecule has 3 aromatic carbocycles. The van der Waals surface area contributed by atoms with Gasteiger partial charge in [-0.05, 0) is 59.1 Å². The molecule has 0 aliphatic carbocycles. The average Bonchev–Trinajstić information content (AvgIpc) is 2.94. The third kappa shape index (κ3) is 7.50. The van der Waals surface area contributed by atoms with Crippen molar-refractivity contribution in [2.24, 2.45) is 0 Å². The molecule has 3 rings (SSSR count). The van der Waals surface area contributed by atoms with Crippen molar-refractivity contribution in [2.75, 3.05) is 40.6 Å². The first-order valence-electron chi connectivity index (χ1n) is 13.4. The van der Waals surface area contributed by atoms with Gasteiger partial charge in [0.2, 0.25) is 0 Å². The van der Waals surface area contributed by atoms with Gasteiger partial charge in [-0.1, -0.05) is 75.4 Å². The molecule has 1 atom stereocenters. The van der Waals surface area contributed by atoms with Crippen molar-refractivity contribution in [1.82, 2.24) is 0 Å². The van der Waals surface area contributed by atoms with E-state index in [1.807, 2.05) is 66.7 Å². The SMILES string of the molecule is COc1ccc(C(OC[C@H](CO[Si](C)(C)C(C)(C)C)OCCO)(c2ccccc2)c2ccc(OC)cc2)cc1. The molecule has 3 aromatic rings. The molecule has 0 aliphatic heterocycles. The summed E-state index contributed by atoms with van der Waals surface area (Å²) in [7, 11) is 1.29. The van der Waals surface area contributed by atoms with E-state index in [1.165, 1.54) is 0 Å². The van der Waals surface area contributed by atoms with Gasteiger partial charge in [0.1, 0.15) is 23.2 Å². The molecule has 0 saturated carbocycles. The van der Waals surface area contributed by atoms with Crippen LogP contribution in [0.4, 0.5) is 0 Å². The van der Waals surface area contributed by atoms with E-state index < -0.39 is 13.9 Å². The number of methoxy groups -OCH3 is 2. The van der Waals surface area contributed by atoms with Gasteiger partial charge in [-0.25, -0.2) is 0 Å². The molecule has 0 heterocycles. The van der Waals surface area contributed by atoms with E-state index in [0.717, 1.165) is 28.2 Å². The van der Waals surface area contributed by atoms with E-state index >= 15 is 0 Å². The predicted molar refractivity (Wildman–Crippen MR) is 158 cm³/mol. The zero-order valence-electron chi connectivity index (χ0n) is 24.4. The summed E-state index contributed by atoms with van der Waals surface area (Å²) in [6.45, 7) is 11.9. The molecule has 7 heteroatoms. The molecule has 0 aliphatic rings. The van der Waals surface area contributed by atoms with Crippen LogP contribution >= 0.6 is 0 Å². The number of aliphatic hydroxyl groups is 1. The Bertz CT molecular complexity index is 1080. The van der Waals surface area contributed by atoms with E-state index in [2.05, 4.69) is 46.0 Å². The summed E-state index contributed by atoms with van der Waals surface area (Å²) in [5.41, 5.74) is 1.93. The smallest absolute Gasteiger partial charge is 0.192 e. The molecule has 212 valence electrons. The fourth-order valence-corrected chi connectivity index (χ4v) is 5.21. The van der Waals surface area contributed by atoms with Crippen LogP contribution in [0, 0.1) is 0 Å². The Kier molecular flexibility index (Phi) is 10.8. The molecule has 0 amide bonds. The Hall–Kier alpha value is -2.68. The molecule has 1 N–H and O–H groups in total. The summed E-state index contributed by atoms with van der Waals surface area (Å²) in [5, 5.41) is 9.58. The molecular weight excluding hydrogens is 508 g/mol. The fourth-order valence-electron chi connectivity index (χ4n) is 4.17. The first kappa shape index (κ1) is 30.9. The van der Waals surface area contributed by atoms with E-state index in [-0.39, 0.29) is 31.0 Å². The highest BCUT2D eigenvalue weighted by atomic mass is 28.4. The first-order valence-corrected chi connectivity index (χ1v) is 16.3. The number of hydrogen-bond donors (Lipinski definition) is 1. The van der Waals surface area contributed by atoms with Gasteiger partial charge in [-0.15, -0.1) is 0 Å².